The molecule has 0 spiro atoms. The monoisotopic (exact) mass is 408 g/mol. The molecule has 0 aromatic heterocycles. The second-order valence-corrected chi connectivity index (χ2v) is 9.08. The molecule has 5 heteroatoms. The predicted octanol–water partition coefficient (Wildman–Crippen LogP) is 7.67. The lowest BCUT2D eigenvalue weighted by Gasteiger charge is -2.42. The molecule has 4 atom stereocenters. The van der Waals surface area contributed by atoms with Gasteiger partial charge in [-0.1, -0.05) is 39.5 Å². The Balaban J connectivity index is 1.78. The van der Waals surface area contributed by atoms with E-state index in [1.165, 1.54) is 0 Å². The number of hydrogen-bond acceptors (Lipinski definition) is 1. The number of unbranched alkanes of at least 4 members (excludes halogenated alkanes) is 4. The van der Waals surface area contributed by atoms with E-state index in [0.717, 1.165) is 32.1 Å². The third-order valence-electron chi connectivity index (χ3n) is 7.02. The van der Waals surface area contributed by atoms with Crippen molar-refractivity contribution in [3.05, 3.63) is 0 Å². The van der Waals surface area contributed by atoms with Crippen molar-refractivity contribution in [3.8, 4) is 0 Å². The zero-order chi connectivity index (χ0) is 20.6. The maximum absolute atomic E-state index is 14.8. The van der Waals surface area contributed by atoms with Crippen molar-refractivity contribution >= 4 is 0 Å². The van der Waals surface area contributed by atoms with Crippen molar-refractivity contribution in [1.82, 2.24) is 0 Å². The molecule has 0 N–H and O–H groups in total. The van der Waals surface area contributed by atoms with Crippen LogP contribution in [0.5, 0.6) is 0 Å². The van der Waals surface area contributed by atoms with Crippen LogP contribution in [0.3, 0.4) is 0 Å². The number of alkyl halides is 4. The van der Waals surface area contributed by atoms with Gasteiger partial charge in [-0.3, -0.25) is 0 Å². The molecular weight excluding hydrogens is 368 g/mol. The highest BCUT2D eigenvalue weighted by molar-refractivity contribution is 4.94. The first-order valence-electron chi connectivity index (χ1n) is 11.7. The van der Waals surface area contributed by atoms with Crippen LogP contribution in [-0.4, -0.2) is 31.0 Å². The van der Waals surface area contributed by atoms with Crippen LogP contribution >= 0.6 is 0 Å². The molecular formula is C23H40F4O. The molecule has 28 heavy (non-hydrogen) atoms. The van der Waals surface area contributed by atoms with E-state index in [2.05, 4.69) is 6.92 Å². The summed E-state index contributed by atoms with van der Waals surface area (Å²) in [5, 5.41) is 0. The lowest BCUT2D eigenvalue weighted by Crippen LogP contribution is -2.46. The number of hydrogen-bond donors (Lipinski definition) is 0. The molecule has 0 bridgehead atoms. The van der Waals surface area contributed by atoms with Gasteiger partial charge in [-0.15, -0.1) is 0 Å². The molecule has 0 amide bonds. The van der Waals surface area contributed by atoms with Gasteiger partial charge in [-0.05, 0) is 63.2 Å². The van der Waals surface area contributed by atoms with E-state index in [0.29, 0.717) is 51.6 Å². The van der Waals surface area contributed by atoms with Gasteiger partial charge in [0, 0.05) is 18.9 Å². The summed E-state index contributed by atoms with van der Waals surface area (Å²) < 4.78 is 63.8. The maximum atomic E-state index is 14.8. The molecule has 0 aliphatic heterocycles. The normalized spacial score (nSPS) is 34.5. The quantitative estimate of drug-likeness (QED) is 0.252. The highest BCUT2D eigenvalue weighted by Crippen LogP contribution is 2.47. The topological polar surface area (TPSA) is 9.23 Å². The SMILES string of the molecule is CCCCCCC(F)(F)C1CCC(C2CCC(OCCCC)C(F)C2F)CC1. The first-order chi connectivity index (χ1) is 13.4. The number of halogens is 4. The fourth-order valence-corrected chi connectivity index (χ4v) is 5.13. The van der Waals surface area contributed by atoms with E-state index in [4.69, 9.17) is 4.74 Å². The molecule has 2 aliphatic rings. The Labute approximate surface area is 169 Å². The van der Waals surface area contributed by atoms with E-state index in [9.17, 15) is 17.6 Å². The van der Waals surface area contributed by atoms with Gasteiger partial charge in [0.1, 0.15) is 6.17 Å². The minimum absolute atomic E-state index is 0.0270. The average molecular weight is 409 g/mol. The van der Waals surface area contributed by atoms with Crippen LogP contribution in [0, 0.1) is 17.8 Å². The van der Waals surface area contributed by atoms with Crippen LogP contribution in [0.2, 0.25) is 0 Å². The van der Waals surface area contributed by atoms with Crippen molar-refractivity contribution in [2.45, 2.75) is 122 Å². The molecule has 0 aromatic carbocycles. The number of rotatable bonds is 11. The van der Waals surface area contributed by atoms with Gasteiger partial charge in [-0.2, -0.15) is 0 Å². The van der Waals surface area contributed by atoms with Crippen LogP contribution in [0.15, 0.2) is 0 Å². The van der Waals surface area contributed by atoms with E-state index in [1.807, 2.05) is 6.92 Å². The van der Waals surface area contributed by atoms with E-state index < -0.39 is 30.3 Å². The molecule has 2 rings (SSSR count). The average Bonchev–Trinajstić information content (AvgIpc) is 2.69. The van der Waals surface area contributed by atoms with Gasteiger partial charge >= 0.3 is 0 Å². The van der Waals surface area contributed by atoms with Gasteiger partial charge in [0.25, 0.3) is 5.92 Å². The van der Waals surface area contributed by atoms with Crippen molar-refractivity contribution in [3.63, 3.8) is 0 Å². The van der Waals surface area contributed by atoms with E-state index >= 15 is 0 Å². The fourth-order valence-electron chi connectivity index (χ4n) is 5.13. The van der Waals surface area contributed by atoms with Gasteiger partial charge in [0.05, 0.1) is 6.10 Å². The Kier molecular flexibility index (Phi) is 10.1. The molecule has 2 fully saturated rings. The minimum atomic E-state index is -2.61. The molecule has 0 saturated heterocycles. The zero-order valence-electron chi connectivity index (χ0n) is 17.8. The van der Waals surface area contributed by atoms with E-state index in [1.54, 1.807) is 0 Å². The van der Waals surface area contributed by atoms with Crippen LogP contribution in [0.4, 0.5) is 17.6 Å². The Morgan fingerprint density at radius 1 is 0.786 bits per heavy atom. The lowest BCUT2D eigenvalue weighted by molar-refractivity contribution is -0.104. The molecule has 0 heterocycles. The van der Waals surface area contributed by atoms with Crippen LogP contribution in [-0.2, 0) is 4.74 Å². The molecule has 166 valence electrons. The van der Waals surface area contributed by atoms with Crippen molar-refractivity contribution < 1.29 is 22.3 Å². The lowest BCUT2D eigenvalue weighted by atomic mass is 9.68. The first-order valence-corrected chi connectivity index (χ1v) is 11.7. The summed E-state index contributed by atoms with van der Waals surface area (Å²) in [7, 11) is 0. The zero-order valence-corrected chi connectivity index (χ0v) is 17.8. The maximum Gasteiger partial charge on any atom is 0.250 e. The summed E-state index contributed by atoms with van der Waals surface area (Å²) >= 11 is 0. The van der Waals surface area contributed by atoms with Crippen LogP contribution in [0.1, 0.15) is 97.3 Å². The van der Waals surface area contributed by atoms with Crippen LogP contribution < -0.4 is 0 Å². The summed E-state index contributed by atoms with van der Waals surface area (Å²) in [5.41, 5.74) is 0. The second kappa shape index (κ2) is 11.8. The molecule has 2 aliphatic carbocycles. The molecule has 0 radical (unpaired) electrons. The Morgan fingerprint density at radius 2 is 1.46 bits per heavy atom. The molecule has 4 unspecified atom stereocenters. The van der Waals surface area contributed by atoms with Crippen molar-refractivity contribution in [2.24, 2.45) is 17.8 Å². The van der Waals surface area contributed by atoms with Gasteiger partial charge < -0.3 is 4.74 Å². The summed E-state index contributed by atoms with van der Waals surface area (Å²) in [6, 6.07) is 0. The Hall–Kier alpha value is -0.320. The second-order valence-electron chi connectivity index (χ2n) is 9.08. The Morgan fingerprint density at radius 3 is 2.11 bits per heavy atom. The first kappa shape index (κ1) is 24.0. The highest BCUT2D eigenvalue weighted by atomic mass is 19.3. The van der Waals surface area contributed by atoms with Gasteiger partial charge in [0.15, 0.2) is 6.17 Å². The van der Waals surface area contributed by atoms with Gasteiger partial charge in [-0.25, -0.2) is 17.6 Å². The van der Waals surface area contributed by atoms with Crippen molar-refractivity contribution in [1.29, 1.82) is 0 Å². The summed E-state index contributed by atoms with van der Waals surface area (Å²) in [6.45, 7) is 4.60. The summed E-state index contributed by atoms with van der Waals surface area (Å²) in [5.74, 6) is -3.49. The largest absolute Gasteiger partial charge is 0.375 e. The highest BCUT2D eigenvalue weighted by Gasteiger charge is 2.47. The van der Waals surface area contributed by atoms with Gasteiger partial charge in [0.2, 0.25) is 0 Å². The number of ether oxygens (including phenoxy) is 1. The van der Waals surface area contributed by atoms with E-state index in [-0.39, 0.29) is 18.3 Å². The molecule has 0 aromatic rings. The summed E-state index contributed by atoms with van der Waals surface area (Å²) in [6.07, 6.45) is 4.84. The molecule has 2 saturated carbocycles. The smallest absolute Gasteiger partial charge is 0.250 e. The third kappa shape index (κ3) is 6.60. The summed E-state index contributed by atoms with van der Waals surface area (Å²) in [4.78, 5) is 0. The van der Waals surface area contributed by atoms with Crippen LogP contribution in [0.25, 0.3) is 0 Å². The predicted molar refractivity (Wildman–Crippen MR) is 106 cm³/mol. The standard InChI is InChI=1S/C23H40F4O/c1-3-5-7-8-15-23(26,27)18-11-9-17(10-12-18)19-13-14-20(22(25)21(19)24)28-16-6-4-2/h17-22H,3-16H2,1-2H3. The fraction of sp³-hybridized carbons (Fsp3) is 1.00. The third-order valence-corrected chi connectivity index (χ3v) is 7.02. The molecule has 1 nitrogen and oxygen atoms in total. The Bertz CT molecular complexity index is 423. The minimum Gasteiger partial charge on any atom is -0.375 e. The van der Waals surface area contributed by atoms with Crippen molar-refractivity contribution in [2.75, 3.05) is 6.61 Å².